The molecule has 0 saturated carbocycles. The Morgan fingerprint density at radius 3 is 1.66 bits per heavy atom. The van der Waals surface area contributed by atoms with Gasteiger partial charge in [0, 0.05) is 59.4 Å². The summed E-state index contributed by atoms with van der Waals surface area (Å²) in [5, 5.41) is 4.72. The first-order valence-corrected chi connectivity index (χ1v) is 31.2. The molecule has 10 aromatic carbocycles. The van der Waals surface area contributed by atoms with Gasteiger partial charge in [-0.05, 0) is 170 Å². The monoisotopic (exact) mass is 1110 g/mol. The van der Waals surface area contributed by atoms with E-state index in [4.69, 9.17) is 4.42 Å². The maximum absolute atomic E-state index is 7.64. The lowest BCUT2D eigenvalue weighted by Gasteiger charge is -2.35. The Hall–Kier alpha value is -9.22. The van der Waals surface area contributed by atoms with Crippen molar-refractivity contribution in [3.05, 3.63) is 293 Å². The van der Waals surface area contributed by atoms with Crippen molar-refractivity contribution in [3.63, 3.8) is 0 Å². The van der Waals surface area contributed by atoms with Crippen molar-refractivity contribution in [1.29, 1.82) is 0 Å². The Bertz CT molecular complexity index is 4770. The second-order valence-electron chi connectivity index (χ2n) is 25.7. The molecule has 4 aliphatic rings. The molecule has 3 nitrogen and oxygen atoms in total. The molecule has 0 N–H and O–H groups in total. The number of anilines is 5. The number of hydrogen-bond donors (Lipinski definition) is 0. The van der Waals surface area contributed by atoms with Crippen LogP contribution in [0.4, 0.5) is 28.4 Å². The molecule has 85 heavy (non-hydrogen) atoms. The van der Waals surface area contributed by atoms with E-state index in [-0.39, 0.29) is 10.8 Å². The first-order chi connectivity index (χ1) is 41.4. The van der Waals surface area contributed by atoms with Crippen LogP contribution in [0.3, 0.4) is 0 Å². The van der Waals surface area contributed by atoms with E-state index in [9.17, 15) is 0 Å². The Kier molecular flexibility index (Phi) is 11.7. The molecule has 412 valence electrons. The molecule has 2 aromatic heterocycles. The van der Waals surface area contributed by atoms with Gasteiger partial charge in [0.1, 0.15) is 11.2 Å². The fourth-order valence-electron chi connectivity index (χ4n) is 14.6. The first-order valence-electron chi connectivity index (χ1n) is 30.3. The SMILES string of the molecule is CC(C)(C)c1ccc(N(C2=CC=C(c3ccccc3)CC2)c2cc3c(c4sc5ccccc5c24)-c2c(cc(N(c4ccc(C5=CCCC=C5)cc4)c4ccc(C(C)(C)C)cc4)c4c2oc2ccccc24)C32c3ccccc3-c3ccccc32)cc1. The van der Waals surface area contributed by atoms with Gasteiger partial charge in [-0.15, -0.1) is 11.3 Å². The summed E-state index contributed by atoms with van der Waals surface area (Å²) in [6.07, 6.45) is 15.7. The van der Waals surface area contributed by atoms with Gasteiger partial charge in [-0.25, -0.2) is 0 Å². The topological polar surface area (TPSA) is 19.6 Å². The highest BCUT2D eigenvalue weighted by Gasteiger charge is 2.54. The van der Waals surface area contributed by atoms with Crippen LogP contribution >= 0.6 is 11.3 Å². The normalized spacial score (nSPS) is 15.0. The van der Waals surface area contributed by atoms with Gasteiger partial charge in [0.2, 0.25) is 0 Å². The van der Waals surface area contributed by atoms with Crippen molar-refractivity contribution < 1.29 is 4.42 Å². The van der Waals surface area contributed by atoms with Crippen LogP contribution in [-0.2, 0) is 16.2 Å². The number of benzene rings is 10. The molecule has 4 aliphatic carbocycles. The van der Waals surface area contributed by atoms with Crippen molar-refractivity contribution >= 4 is 93.0 Å². The standard InChI is InChI=1S/C81H66N2OS/c1-79(2,3)55-37-45-59(46-38-55)82(57-41-33-53(34-42-57)51-21-9-7-10-22-51)69-49-67-75(77-73(69)63-27-15-19-31-71(63)84-77)76-68(81(67)65-29-17-13-25-61(65)62-26-14-18-30-66(62)81)50-70(74-64-28-16-20-32-72(64)85-78(74)76)83(60-47-39-56(40-48-60)80(4,5)6)58-43-35-54(36-44-58)52-23-11-8-12-24-52/h8-9,11-35,37-43,45-50H,7,10,36,44H2,1-6H3. The smallest absolute Gasteiger partial charge is 0.145 e. The summed E-state index contributed by atoms with van der Waals surface area (Å²) in [6, 6.07) is 80.6. The minimum absolute atomic E-state index is 0.00724. The number of nitrogens with zero attached hydrogens (tertiary/aromatic N) is 2. The van der Waals surface area contributed by atoms with E-state index < -0.39 is 5.41 Å². The third kappa shape index (κ3) is 7.98. The highest BCUT2D eigenvalue weighted by molar-refractivity contribution is 7.26. The molecule has 12 aromatic rings. The van der Waals surface area contributed by atoms with Crippen LogP contribution in [0, 0.1) is 0 Å². The molecule has 0 atom stereocenters. The lowest BCUT2D eigenvalue weighted by atomic mass is 9.70. The van der Waals surface area contributed by atoms with E-state index in [1.807, 2.05) is 11.3 Å². The molecule has 0 radical (unpaired) electrons. The molecule has 0 saturated heterocycles. The van der Waals surface area contributed by atoms with Crippen LogP contribution < -0.4 is 9.80 Å². The van der Waals surface area contributed by atoms with Crippen LogP contribution in [0.5, 0.6) is 0 Å². The average molecular weight is 1120 g/mol. The number of rotatable bonds is 8. The molecule has 0 unspecified atom stereocenters. The minimum Gasteiger partial charge on any atom is -0.455 e. The lowest BCUT2D eigenvalue weighted by molar-refractivity contribution is 0.590. The molecule has 1 spiro atoms. The van der Waals surface area contributed by atoms with E-state index in [0.29, 0.717) is 0 Å². The van der Waals surface area contributed by atoms with Crippen LogP contribution in [-0.4, -0.2) is 0 Å². The second-order valence-corrected chi connectivity index (χ2v) is 26.8. The molecule has 16 rings (SSSR count). The van der Waals surface area contributed by atoms with Crippen LogP contribution in [0.2, 0.25) is 0 Å². The summed E-state index contributed by atoms with van der Waals surface area (Å²) in [7, 11) is 0. The second kappa shape index (κ2) is 19.4. The number of furan rings is 1. The summed E-state index contributed by atoms with van der Waals surface area (Å²) >= 11 is 1.93. The predicted molar refractivity (Wildman–Crippen MR) is 362 cm³/mol. The molecule has 4 heteroatoms. The summed E-state index contributed by atoms with van der Waals surface area (Å²) in [6.45, 7) is 13.8. The molecule has 0 amide bonds. The fourth-order valence-corrected chi connectivity index (χ4v) is 15.9. The molecule has 0 aliphatic heterocycles. The van der Waals surface area contributed by atoms with Gasteiger partial charge >= 0.3 is 0 Å². The van der Waals surface area contributed by atoms with E-state index in [0.717, 1.165) is 70.4 Å². The van der Waals surface area contributed by atoms with Gasteiger partial charge in [-0.1, -0.05) is 218 Å². The fraction of sp³-hybridized carbons (Fsp3) is 0.160. The summed E-state index contributed by atoms with van der Waals surface area (Å²) in [5.41, 5.74) is 25.7. The highest BCUT2D eigenvalue weighted by atomic mass is 32.1. The van der Waals surface area contributed by atoms with Gasteiger partial charge in [-0.3, -0.25) is 0 Å². The van der Waals surface area contributed by atoms with Crippen molar-refractivity contribution in [1.82, 2.24) is 0 Å². The third-order valence-electron chi connectivity index (χ3n) is 18.7. The zero-order valence-corrected chi connectivity index (χ0v) is 49.9. The number of allylic oxidation sites excluding steroid dienone is 8. The average Bonchev–Trinajstić information content (AvgIpc) is 1.50. The van der Waals surface area contributed by atoms with Crippen molar-refractivity contribution in [2.75, 3.05) is 9.80 Å². The molecule has 2 heterocycles. The van der Waals surface area contributed by atoms with Crippen LogP contribution in [0.15, 0.2) is 253 Å². The Labute approximate surface area is 502 Å². The number of thiophene rings is 1. The molecular weight excluding hydrogens is 1050 g/mol. The lowest BCUT2D eigenvalue weighted by Crippen LogP contribution is -2.27. The minimum atomic E-state index is -0.757. The number of para-hydroxylation sites is 1. The molecular formula is C81H66N2OS. The Morgan fingerprint density at radius 1 is 0.471 bits per heavy atom. The van der Waals surface area contributed by atoms with E-state index in [1.165, 1.54) is 109 Å². The quantitative estimate of drug-likeness (QED) is 0.151. The molecule has 0 fully saturated rings. The predicted octanol–water partition coefficient (Wildman–Crippen LogP) is 23.0. The molecule has 0 bridgehead atoms. The van der Waals surface area contributed by atoms with Crippen molar-refractivity contribution in [2.24, 2.45) is 0 Å². The van der Waals surface area contributed by atoms with Gasteiger partial charge < -0.3 is 14.2 Å². The largest absolute Gasteiger partial charge is 0.455 e. The summed E-state index contributed by atoms with van der Waals surface area (Å²) < 4.78 is 10.2. The zero-order chi connectivity index (χ0) is 57.3. The Morgan fingerprint density at radius 2 is 1.04 bits per heavy atom. The van der Waals surface area contributed by atoms with Gasteiger partial charge in [0.15, 0.2) is 0 Å². The van der Waals surface area contributed by atoms with E-state index in [1.54, 1.807) is 0 Å². The van der Waals surface area contributed by atoms with E-state index in [2.05, 4.69) is 294 Å². The van der Waals surface area contributed by atoms with Gasteiger partial charge in [0.25, 0.3) is 0 Å². The summed E-state index contributed by atoms with van der Waals surface area (Å²) in [4.78, 5) is 5.15. The van der Waals surface area contributed by atoms with E-state index >= 15 is 0 Å². The maximum atomic E-state index is 7.64. The van der Waals surface area contributed by atoms with Crippen molar-refractivity contribution in [2.45, 2.75) is 83.5 Å². The third-order valence-corrected chi connectivity index (χ3v) is 19.9. The zero-order valence-electron chi connectivity index (χ0n) is 49.1. The summed E-state index contributed by atoms with van der Waals surface area (Å²) in [5.74, 6) is 0. The van der Waals surface area contributed by atoms with Crippen LogP contribution in [0.25, 0.3) is 75.5 Å². The van der Waals surface area contributed by atoms with Gasteiger partial charge in [0.05, 0.1) is 22.2 Å². The maximum Gasteiger partial charge on any atom is 0.145 e. The Balaban J connectivity index is 1.04. The van der Waals surface area contributed by atoms with Crippen LogP contribution in [0.1, 0.15) is 112 Å². The number of fused-ring (bicyclic) bond motifs is 18. The van der Waals surface area contributed by atoms with Gasteiger partial charge in [-0.2, -0.15) is 0 Å². The first kappa shape index (κ1) is 51.4. The number of hydrogen-bond acceptors (Lipinski definition) is 4. The highest BCUT2D eigenvalue weighted by Crippen LogP contribution is 2.68. The van der Waals surface area contributed by atoms with Crippen molar-refractivity contribution in [3.8, 4) is 22.3 Å².